The van der Waals surface area contributed by atoms with Crippen LogP contribution in [0.4, 0.5) is 0 Å². The maximum absolute atomic E-state index is 8.80. The van der Waals surface area contributed by atoms with Crippen molar-refractivity contribution in [2.24, 2.45) is 5.92 Å². The van der Waals surface area contributed by atoms with Crippen LogP contribution in [0, 0.1) is 5.92 Å². The lowest BCUT2D eigenvalue weighted by Crippen LogP contribution is -2.30. The van der Waals surface area contributed by atoms with Crippen LogP contribution in [0.25, 0.3) is 0 Å². The summed E-state index contributed by atoms with van der Waals surface area (Å²) in [6.07, 6.45) is 7.09. The molecule has 0 spiro atoms. The average molecular weight is 172 g/mol. The summed E-state index contributed by atoms with van der Waals surface area (Å²) in [5, 5.41) is 8.80. The molecular weight excluding hydrogens is 152 g/mol. The van der Waals surface area contributed by atoms with E-state index in [0.29, 0.717) is 5.92 Å². The molecule has 1 rings (SSSR count). The molecule has 1 aliphatic carbocycles. The van der Waals surface area contributed by atoms with Gasteiger partial charge in [-0.3, -0.25) is 5.26 Å². The van der Waals surface area contributed by atoms with E-state index in [9.17, 15) is 0 Å². The Kier molecular flexibility index (Phi) is 3.53. The van der Waals surface area contributed by atoms with E-state index in [4.69, 9.17) is 5.26 Å². The summed E-state index contributed by atoms with van der Waals surface area (Å²) in [5.41, 5.74) is -0.241. The average Bonchev–Trinajstić information content (AvgIpc) is 2.87. The van der Waals surface area contributed by atoms with Crippen LogP contribution < -0.4 is 0 Å². The normalized spacial score (nSPS) is 22.2. The standard InChI is InChI=1S/C10H20O2/c1-3-4-5-8-10(2,12-11)9-6-7-9/h9,11H,3-8H2,1-2H3. The molecule has 0 heterocycles. The van der Waals surface area contributed by atoms with Crippen LogP contribution in [-0.2, 0) is 4.89 Å². The highest BCUT2D eigenvalue weighted by molar-refractivity contribution is 4.91. The zero-order chi connectivity index (χ0) is 9.03. The molecule has 2 nitrogen and oxygen atoms in total. The number of rotatable bonds is 6. The van der Waals surface area contributed by atoms with Gasteiger partial charge in [0.05, 0.1) is 0 Å². The van der Waals surface area contributed by atoms with Crippen LogP contribution in [0.1, 0.15) is 52.4 Å². The Bertz CT molecular complexity index is 132. The summed E-state index contributed by atoms with van der Waals surface area (Å²) in [6.45, 7) is 4.22. The van der Waals surface area contributed by atoms with Gasteiger partial charge in [0.15, 0.2) is 0 Å². The van der Waals surface area contributed by atoms with Crippen molar-refractivity contribution in [2.75, 3.05) is 0 Å². The summed E-state index contributed by atoms with van der Waals surface area (Å²) < 4.78 is 0. The van der Waals surface area contributed by atoms with Gasteiger partial charge in [-0.1, -0.05) is 26.2 Å². The van der Waals surface area contributed by atoms with E-state index in [2.05, 4.69) is 11.8 Å². The van der Waals surface area contributed by atoms with Gasteiger partial charge >= 0.3 is 0 Å². The molecule has 0 aromatic heterocycles. The molecule has 0 aromatic carbocycles. The van der Waals surface area contributed by atoms with Gasteiger partial charge in [0.25, 0.3) is 0 Å². The highest BCUT2D eigenvalue weighted by atomic mass is 17.1. The molecule has 0 amide bonds. The van der Waals surface area contributed by atoms with Gasteiger partial charge in [-0.15, -0.1) is 0 Å². The summed E-state index contributed by atoms with van der Waals surface area (Å²) in [4.78, 5) is 4.61. The van der Waals surface area contributed by atoms with E-state index in [0.717, 1.165) is 6.42 Å². The Morgan fingerprint density at radius 3 is 2.50 bits per heavy atom. The first-order valence-corrected chi connectivity index (χ1v) is 5.05. The van der Waals surface area contributed by atoms with Crippen LogP contribution in [-0.4, -0.2) is 10.9 Å². The van der Waals surface area contributed by atoms with Gasteiger partial charge in [-0.25, -0.2) is 4.89 Å². The van der Waals surface area contributed by atoms with Crippen LogP contribution in [0.2, 0.25) is 0 Å². The number of hydrogen-bond donors (Lipinski definition) is 1. The minimum atomic E-state index is -0.241. The van der Waals surface area contributed by atoms with Crippen LogP contribution >= 0.6 is 0 Å². The molecule has 1 atom stereocenters. The molecule has 1 unspecified atom stereocenters. The molecule has 0 bridgehead atoms. The quantitative estimate of drug-likeness (QED) is 0.378. The first kappa shape index (κ1) is 10.0. The van der Waals surface area contributed by atoms with Gasteiger partial charge in [0.2, 0.25) is 0 Å². The van der Waals surface area contributed by atoms with E-state index in [1.807, 2.05) is 6.92 Å². The SMILES string of the molecule is CCCCCC(C)(OO)C1CC1. The molecule has 0 saturated heterocycles. The van der Waals surface area contributed by atoms with Gasteiger partial charge in [-0.05, 0) is 32.1 Å². The highest BCUT2D eigenvalue weighted by Gasteiger charge is 2.42. The van der Waals surface area contributed by atoms with E-state index < -0.39 is 0 Å². The van der Waals surface area contributed by atoms with E-state index >= 15 is 0 Å². The molecule has 0 radical (unpaired) electrons. The molecule has 2 heteroatoms. The topological polar surface area (TPSA) is 29.5 Å². The highest BCUT2D eigenvalue weighted by Crippen LogP contribution is 2.44. The first-order valence-electron chi connectivity index (χ1n) is 5.05. The van der Waals surface area contributed by atoms with Crippen molar-refractivity contribution < 1.29 is 10.1 Å². The number of unbranched alkanes of at least 4 members (excludes halogenated alkanes) is 2. The second kappa shape index (κ2) is 4.24. The van der Waals surface area contributed by atoms with E-state index in [1.165, 1.54) is 32.1 Å². The van der Waals surface area contributed by atoms with Crippen molar-refractivity contribution in [3.05, 3.63) is 0 Å². The second-order valence-corrected chi connectivity index (χ2v) is 4.14. The fourth-order valence-corrected chi connectivity index (χ4v) is 1.74. The molecule has 1 saturated carbocycles. The van der Waals surface area contributed by atoms with Crippen molar-refractivity contribution in [1.82, 2.24) is 0 Å². The fourth-order valence-electron chi connectivity index (χ4n) is 1.74. The van der Waals surface area contributed by atoms with E-state index in [1.54, 1.807) is 0 Å². The minimum absolute atomic E-state index is 0.241. The van der Waals surface area contributed by atoms with Crippen molar-refractivity contribution in [2.45, 2.75) is 58.0 Å². The van der Waals surface area contributed by atoms with Gasteiger partial charge in [0.1, 0.15) is 5.60 Å². The Balaban J connectivity index is 2.23. The van der Waals surface area contributed by atoms with Gasteiger partial charge in [-0.2, -0.15) is 0 Å². The number of hydrogen-bond acceptors (Lipinski definition) is 2. The van der Waals surface area contributed by atoms with E-state index in [-0.39, 0.29) is 5.60 Å². The third-order valence-electron chi connectivity index (χ3n) is 2.93. The zero-order valence-corrected chi connectivity index (χ0v) is 8.18. The second-order valence-electron chi connectivity index (χ2n) is 4.14. The molecular formula is C10H20O2. The van der Waals surface area contributed by atoms with Gasteiger partial charge in [0, 0.05) is 0 Å². The van der Waals surface area contributed by atoms with Crippen LogP contribution in [0.5, 0.6) is 0 Å². The molecule has 12 heavy (non-hydrogen) atoms. The molecule has 0 aromatic rings. The Hall–Kier alpha value is -0.0800. The zero-order valence-electron chi connectivity index (χ0n) is 8.18. The third kappa shape index (κ3) is 2.46. The molecule has 1 fully saturated rings. The lowest BCUT2D eigenvalue weighted by molar-refractivity contribution is -0.326. The summed E-state index contributed by atoms with van der Waals surface area (Å²) in [7, 11) is 0. The van der Waals surface area contributed by atoms with Crippen molar-refractivity contribution in [1.29, 1.82) is 0 Å². The molecule has 1 N–H and O–H groups in total. The van der Waals surface area contributed by atoms with Crippen molar-refractivity contribution >= 4 is 0 Å². The third-order valence-corrected chi connectivity index (χ3v) is 2.93. The van der Waals surface area contributed by atoms with Crippen LogP contribution in [0.15, 0.2) is 0 Å². The smallest absolute Gasteiger partial charge is 0.103 e. The maximum Gasteiger partial charge on any atom is 0.103 e. The Morgan fingerprint density at radius 1 is 1.42 bits per heavy atom. The summed E-state index contributed by atoms with van der Waals surface area (Å²) >= 11 is 0. The lowest BCUT2D eigenvalue weighted by Gasteiger charge is -2.25. The largest absolute Gasteiger partial charge is 0.251 e. The van der Waals surface area contributed by atoms with Gasteiger partial charge < -0.3 is 0 Å². The molecule has 1 aliphatic rings. The van der Waals surface area contributed by atoms with Crippen LogP contribution in [0.3, 0.4) is 0 Å². The summed E-state index contributed by atoms with van der Waals surface area (Å²) in [5.74, 6) is 0.611. The van der Waals surface area contributed by atoms with Crippen molar-refractivity contribution in [3.8, 4) is 0 Å². The lowest BCUT2D eigenvalue weighted by atomic mass is 9.93. The van der Waals surface area contributed by atoms with Crippen molar-refractivity contribution in [3.63, 3.8) is 0 Å². The fraction of sp³-hybridized carbons (Fsp3) is 1.00. The summed E-state index contributed by atoms with van der Waals surface area (Å²) in [6, 6.07) is 0. The monoisotopic (exact) mass is 172 g/mol. The predicted molar refractivity (Wildman–Crippen MR) is 49.0 cm³/mol. The minimum Gasteiger partial charge on any atom is -0.251 e. The molecule has 72 valence electrons. The Labute approximate surface area is 74.9 Å². The Morgan fingerprint density at radius 2 is 2.08 bits per heavy atom. The molecule has 0 aliphatic heterocycles. The maximum atomic E-state index is 8.80. The predicted octanol–water partition coefficient (Wildman–Crippen LogP) is 3.23. The first-order chi connectivity index (χ1) is 5.73.